The van der Waals surface area contributed by atoms with Crippen molar-refractivity contribution >= 4 is 0 Å². The summed E-state index contributed by atoms with van der Waals surface area (Å²) in [6.45, 7) is 6.13. The van der Waals surface area contributed by atoms with E-state index in [1.807, 2.05) is 6.92 Å². The van der Waals surface area contributed by atoms with Crippen molar-refractivity contribution in [3.8, 4) is 11.8 Å². The number of hydrogen-bond donors (Lipinski definition) is 1. The minimum absolute atomic E-state index is 0.854. The molecule has 0 aliphatic rings. The van der Waals surface area contributed by atoms with Crippen molar-refractivity contribution in [3.05, 3.63) is 0 Å². The van der Waals surface area contributed by atoms with E-state index in [1.165, 1.54) is 44.9 Å². The molecule has 0 saturated carbocycles. The molecule has 0 heterocycles. The lowest BCUT2D eigenvalue weighted by Crippen LogP contribution is -2.15. The molecule has 0 aromatic rings. The Balaban J connectivity index is 2.87. The normalized spacial score (nSPS) is 9.57. The van der Waals surface area contributed by atoms with E-state index in [4.69, 9.17) is 0 Å². The highest BCUT2D eigenvalue weighted by Crippen LogP contribution is 2.05. The molecule has 0 radical (unpaired) electrons. The fourth-order valence-electron chi connectivity index (χ4n) is 1.45. The third-order valence-electron chi connectivity index (χ3n) is 2.35. The quantitative estimate of drug-likeness (QED) is 0.439. The van der Waals surface area contributed by atoms with Crippen molar-refractivity contribution in [2.45, 2.75) is 58.8 Å². The van der Waals surface area contributed by atoms with Gasteiger partial charge in [-0.05, 0) is 19.9 Å². The summed E-state index contributed by atoms with van der Waals surface area (Å²) < 4.78 is 0. The van der Waals surface area contributed by atoms with Gasteiger partial charge in [-0.2, -0.15) is 0 Å². The summed E-state index contributed by atoms with van der Waals surface area (Å²) in [6.07, 6.45) is 9.67. The van der Waals surface area contributed by atoms with Gasteiger partial charge >= 0.3 is 0 Å². The van der Waals surface area contributed by atoms with Gasteiger partial charge in [0.05, 0.1) is 6.54 Å². The average molecular weight is 195 g/mol. The van der Waals surface area contributed by atoms with Gasteiger partial charge in [0.15, 0.2) is 0 Å². The SMILES string of the molecule is CC#CCNCCCCCCCCC. The van der Waals surface area contributed by atoms with Gasteiger partial charge in [0.2, 0.25) is 0 Å². The molecular formula is C13H25N. The van der Waals surface area contributed by atoms with Gasteiger partial charge in [0.25, 0.3) is 0 Å². The average Bonchev–Trinajstić information content (AvgIpc) is 2.21. The molecule has 0 bridgehead atoms. The third kappa shape index (κ3) is 11.5. The smallest absolute Gasteiger partial charge is 0.0576 e. The molecule has 0 spiro atoms. The van der Waals surface area contributed by atoms with Crippen LogP contribution >= 0.6 is 0 Å². The Labute approximate surface area is 89.7 Å². The third-order valence-corrected chi connectivity index (χ3v) is 2.35. The molecule has 0 unspecified atom stereocenters. The molecule has 0 amide bonds. The maximum atomic E-state index is 3.31. The van der Waals surface area contributed by atoms with Crippen molar-refractivity contribution in [3.63, 3.8) is 0 Å². The minimum atomic E-state index is 0.854. The number of unbranched alkanes of at least 4 members (excludes halogenated alkanes) is 6. The van der Waals surface area contributed by atoms with E-state index in [1.54, 1.807) is 0 Å². The molecule has 0 aliphatic heterocycles. The Morgan fingerprint density at radius 2 is 1.57 bits per heavy atom. The minimum Gasteiger partial charge on any atom is -0.306 e. The second kappa shape index (κ2) is 12.5. The lowest BCUT2D eigenvalue weighted by Gasteiger charge is -2.01. The Bertz CT molecular complexity index is 152. The van der Waals surface area contributed by atoms with Crippen LogP contribution in [-0.4, -0.2) is 13.1 Å². The molecule has 82 valence electrons. The van der Waals surface area contributed by atoms with E-state index >= 15 is 0 Å². The second-order valence-electron chi connectivity index (χ2n) is 3.72. The summed E-state index contributed by atoms with van der Waals surface area (Å²) in [5.74, 6) is 5.89. The largest absolute Gasteiger partial charge is 0.306 e. The first-order valence-corrected chi connectivity index (χ1v) is 6.02. The predicted molar refractivity (Wildman–Crippen MR) is 64.3 cm³/mol. The first kappa shape index (κ1) is 13.5. The Hall–Kier alpha value is -0.480. The highest BCUT2D eigenvalue weighted by molar-refractivity contribution is 4.96. The summed E-state index contributed by atoms with van der Waals surface area (Å²) >= 11 is 0. The van der Waals surface area contributed by atoms with E-state index in [9.17, 15) is 0 Å². The van der Waals surface area contributed by atoms with Crippen LogP contribution in [0.5, 0.6) is 0 Å². The molecule has 1 nitrogen and oxygen atoms in total. The summed E-state index contributed by atoms with van der Waals surface area (Å²) in [7, 11) is 0. The fourth-order valence-corrected chi connectivity index (χ4v) is 1.45. The van der Waals surface area contributed by atoms with Crippen LogP contribution in [0.4, 0.5) is 0 Å². The monoisotopic (exact) mass is 195 g/mol. The van der Waals surface area contributed by atoms with Gasteiger partial charge in [-0.25, -0.2) is 0 Å². The summed E-state index contributed by atoms with van der Waals surface area (Å²) in [5, 5.41) is 3.31. The van der Waals surface area contributed by atoms with Crippen molar-refractivity contribution in [2.24, 2.45) is 0 Å². The summed E-state index contributed by atoms with van der Waals surface area (Å²) in [5.41, 5.74) is 0. The fraction of sp³-hybridized carbons (Fsp3) is 0.846. The highest BCUT2D eigenvalue weighted by atomic mass is 14.8. The second-order valence-corrected chi connectivity index (χ2v) is 3.72. The molecule has 0 aromatic heterocycles. The van der Waals surface area contributed by atoms with Crippen LogP contribution in [0.2, 0.25) is 0 Å². The molecule has 0 rings (SSSR count). The van der Waals surface area contributed by atoms with Crippen LogP contribution < -0.4 is 5.32 Å². The lowest BCUT2D eigenvalue weighted by molar-refractivity contribution is 0.574. The van der Waals surface area contributed by atoms with Crippen molar-refractivity contribution < 1.29 is 0 Å². The van der Waals surface area contributed by atoms with Crippen molar-refractivity contribution in [2.75, 3.05) is 13.1 Å². The topological polar surface area (TPSA) is 12.0 Å². The number of rotatable bonds is 9. The molecule has 0 fully saturated rings. The Morgan fingerprint density at radius 1 is 0.929 bits per heavy atom. The Kier molecular flexibility index (Phi) is 12.1. The van der Waals surface area contributed by atoms with Crippen molar-refractivity contribution in [1.29, 1.82) is 0 Å². The highest BCUT2D eigenvalue weighted by Gasteiger charge is 1.89. The summed E-state index contributed by atoms with van der Waals surface area (Å²) in [6, 6.07) is 0. The van der Waals surface area contributed by atoms with E-state index in [-0.39, 0.29) is 0 Å². The molecule has 1 heteroatoms. The molecule has 0 atom stereocenters. The molecule has 14 heavy (non-hydrogen) atoms. The molecule has 0 saturated heterocycles. The zero-order valence-electron chi connectivity index (χ0n) is 9.86. The van der Waals surface area contributed by atoms with Gasteiger partial charge in [0.1, 0.15) is 0 Å². The van der Waals surface area contributed by atoms with Crippen LogP contribution in [-0.2, 0) is 0 Å². The van der Waals surface area contributed by atoms with E-state index in [2.05, 4.69) is 24.1 Å². The van der Waals surface area contributed by atoms with Crippen LogP contribution in [0, 0.1) is 11.8 Å². The van der Waals surface area contributed by atoms with Crippen molar-refractivity contribution in [1.82, 2.24) is 5.32 Å². The van der Waals surface area contributed by atoms with Gasteiger partial charge in [-0.3, -0.25) is 0 Å². The lowest BCUT2D eigenvalue weighted by atomic mass is 10.1. The van der Waals surface area contributed by atoms with Gasteiger partial charge in [0, 0.05) is 0 Å². The van der Waals surface area contributed by atoms with Gasteiger partial charge in [-0.15, -0.1) is 5.92 Å². The first-order chi connectivity index (χ1) is 6.91. The number of hydrogen-bond acceptors (Lipinski definition) is 1. The predicted octanol–water partition coefficient (Wildman–Crippen LogP) is 3.35. The van der Waals surface area contributed by atoms with Crippen LogP contribution in [0.1, 0.15) is 58.8 Å². The van der Waals surface area contributed by atoms with Crippen LogP contribution in [0.25, 0.3) is 0 Å². The molecular weight excluding hydrogens is 170 g/mol. The number of nitrogens with one attached hydrogen (secondary N) is 1. The maximum absolute atomic E-state index is 3.31. The molecule has 1 N–H and O–H groups in total. The Morgan fingerprint density at radius 3 is 2.21 bits per heavy atom. The molecule has 0 aliphatic carbocycles. The van der Waals surface area contributed by atoms with Gasteiger partial charge in [-0.1, -0.05) is 51.4 Å². The zero-order valence-corrected chi connectivity index (χ0v) is 9.86. The van der Waals surface area contributed by atoms with Gasteiger partial charge < -0.3 is 5.32 Å². The maximum Gasteiger partial charge on any atom is 0.0576 e. The van der Waals surface area contributed by atoms with Crippen LogP contribution in [0.3, 0.4) is 0 Å². The first-order valence-electron chi connectivity index (χ1n) is 6.02. The zero-order chi connectivity index (χ0) is 10.5. The van der Waals surface area contributed by atoms with E-state index < -0.39 is 0 Å². The summed E-state index contributed by atoms with van der Waals surface area (Å²) in [4.78, 5) is 0. The molecule has 0 aromatic carbocycles. The van der Waals surface area contributed by atoms with E-state index in [0.717, 1.165) is 13.1 Å². The van der Waals surface area contributed by atoms with E-state index in [0.29, 0.717) is 0 Å². The standard InChI is InChI=1S/C13H25N/c1-3-5-7-8-9-10-11-13-14-12-6-4-2/h14H,3,5,7-13H2,1-2H3. The van der Waals surface area contributed by atoms with Crippen LogP contribution in [0.15, 0.2) is 0 Å².